The van der Waals surface area contributed by atoms with E-state index in [-0.39, 0.29) is 0 Å². The molecular weight excluding hydrogens is 903 g/mol. The van der Waals surface area contributed by atoms with Crippen molar-refractivity contribution in [3.05, 3.63) is 236 Å². The Balaban J connectivity index is 1.05. The fourth-order valence-electron chi connectivity index (χ4n) is 10.3. The molecule has 0 aliphatic carbocycles. The van der Waals surface area contributed by atoms with Crippen LogP contribution in [0, 0.1) is 6.57 Å². The van der Waals surface area contributed by atoms with Gasteiger partial charge in [0, 0.05) is 73.5 Å². The zero-order valence-corrected chi connectivity index (χ0v) is 39.5. The van der Waals surface area contributed by atoms with Gasteiger partial charge in [0.1, 0.15) is 0 Å². The Hall–Kier alpha value is -9.06. The molecule has 0 unspecified atom stereocenters. The van der Waals surface area contributed by atoms with Gasteiger partial charge in [-0.1, -0.05) is 164 Å². The zero-order valence-electron chi connectivity index (χ0n) is 37.9. The molecule has 14 rings (SSSR count). The fourth-order valence-corrected chi connectivity index (χ4v) is 12.6. The van der Waals surface area contributed by atoms with E-state index in [0.29, 0.717) is 23.2 Å². The fraction of sp³-hybridized carbons (Fsp3) is 0. The Bertz CT molecular complexity index is 4280. The Labute approximate surface area is 416 Å². The van der Waals surface area contributed by atoms with Gasteiger partial charge in [-0.2, -0.15) is 0 Å². The second kappa shape index (κ2) is 16.6. The normalized spacial score (nSPS) is 11.6. The van der Waals surface area contributed by atoms with E-state index in [1.165, 1.54) is 40.3 Å². The van der Waals surface area contributed by atoms with Crippen molar-refractivity contribution < 1.29 is 0 Å². The first kappa shape index (κ1) is 41.0. The summed E-state index contributed by atoms with van der Waals surface area (Å²) in [6, 6.07) is 79.4. The third-order valence-corrected chi connectivity index (χ3v) is 15.9. The molecule has 0 saturated carbocycles. The summed E-state index contributed by atoms with van der Waals surface area (Å²) in [5.74, 6) is 1.80. The second-order valence-corrected chi connectivity index (χ2v) is 20.0. The maximum absolute atomic E-state index is 8.03. The van der Waals surface area contributed by atoms with Gasteiger partial charge in [0.15, 0.2) is 23.2 Å². The molecule has 10 aromatic carbocycles. The van der Waals surface area contributed by atoms with Gasteiger partial charge in [0.25, 0.3) is 0 Å². The lowest BCUT2D eigenvalue weighted by atomic mass is 9.92. The molecule has 0 fully saturated rings. The first-order valence-corrected chi connectivity index (χ1v) is 25.2. The lowest BCUT2D eigenvalue weighted by molar-refractivity contribution is 1.07. The highest BCUT2D eigenvalue weighted by atomic mass is 32.1. The molecule has 0 aliphatic rings. The molecule has 14 aromatic rings. The third kappa shape index (κ3) is 6.92. The van der Waals surface area contributed by atoms with E-state index in [4.69, 9.17) is 21.5 Å². The van der Waals surface area contributed by atoms with Crippen LogP contribution >= 0.6 is 22.7 Å². The summed E-state index contributed by atoms with van der Waals surface area (Å²) in [7, 11) is 0. The standard InChI is InChI=1S/C64H37N5S2/c1-65-46-28-32-56-54(38-46)53-33-42(39-15-5-2-6-16-39)27-31-55(53)69(56)61-51(40-17-7-3-8-18-40)34-45(35-52(61)41-19-9-4-10-20-41)64-67-62(43-25-29-49-47-21-11-13-23-57(47)70-59(49)36-43)66-63(68-64)44-26-30-50-48-22-12-14-24-58(48)71-60(50)37-44/h2-38H. The van der Waals surface area contributed by atoms with Crippen molar-refractivity contribution in [3.8, 4) is 73.2 Å². The number of fused-ring (bicyclic) bond motifs is 9. The predicted octanol–water partition coefficient (Wildman–Crippen LogP) is 18.3. The maximum Gasteiger partial charge on any atom is 0.188 e. The molecule has 4 aromatic heterocycles. The van der Waals surface area contributed by atoms with Gasteiger partial charge >= 0.3 is 0 Å². The van der Waals surface area contributed by atoms with Crippen molar-refractivity contribution >= 4 is 90.5 Å². The van der Waals surface area contributed by atoms with E-state index >= 15 is 0 Å². The predicted molar refractivity (Wildman–Crippen MR) is 299 cm³/mol. The summed E-state index contributed by atoms with van der Waals surface area (Å²) < 4.78 is 7.27. The number of rotatable bonds is 7. The smallest absolute Gasteiger partial charge is 0.188 e. The Morgan fingerprint density at radius 1 is 0.324 bits per heavy atom. The topological polar surface area (TPSA) is 48.0 Å². The zero-order chi connectivity index (χ0) is 47.0. The molecule has 71 heavy (non-hydrogen) atoms. The van der Waals surface area contributed by atoms with E-state index < -0.39 is 0 Å². The van der Waals surface area contributed by atoms with Gasteiger partial charge in [0.2, 0.25) is 0 Å². The second-order valence-electron chi connectivity index (χ2n) is 17.8. The van der Waals surface area contributed by atoms with Crippen LogP contribution in [-0.4, -0.2) is 19.5 Å². The summed E-state index contributed by atoms with van der Waals surface area (Å²) in [5, 5.41) is 7.05. The van der Waals surface area contributed by atoms with Crippen molar-refractivity contribution in [3.63, 3.8) is 0 Å². The molecule has 330 valence electrons. The van der Waals surface area contributed by atoms with Gasteiger partial charge < -0.3 is 4.57 Å². The summed E-state index contributed by atoms with van der Waals surface area (Å²) in [5.41, 5.74) is 12.8. The number of hydrogen-bond donors (Lipinski definition) is 0. The van der Waals surface area contributed by atoms with Crippen LogP contribution in [0.2, 0.25) is 0 Å². The molecule has 0 N–H and O–H groups in total. The number of nitrogens with zero attached hydrogens (tertiary/aromatic N) is 5. The minimum atomic E-state index is 0.579. The van der Waals surface area contributed by atoms with E-state index in [1.807, 2.05) is 18.2 Å². The molecule has 7 heteroatoms. The molecule has 4 heterocycles. The summed E-state index contributed by atoms with van der Waals surface area (Å²) in [6.45, 7) is 8.03. The van der Waals surface area contributed by atoms with Gasteiger partial charge in [-0.05, 0) is 88.3 Å². The molecule has 0 amide bonds. The van der Waals surface area contributed by atoms with Gasteiger partial charge in [-0.25, -0.2) is 19.8 Å². The van der Waals surface area contributed by atoms with Gasteiger partial charge in [-0.15, -0.1) is 22.7 Å². The average Bonchev–Trinajstić information content (AvgIpc) is 4.11. The van der Waals surface area contributed by atoms with Crippen molar-refractivity contribution in [2.45, 2.75) is 0 Å². The maximum atomic E-state index is 8.03. The summed E-state index contributed by atoms with van der Waals surface area (Å²) >= 11 is 3.58. The van der Waals surface area contributed by atoms with Crippen molar-refractivity contribution in [2.24, 2.45) is 0 Å². The van der Waals surface area contributed by atoms with Crippen molar-refractivity contribution in [1.29, 1.82) is 0 Å². The highest BCUT2D eigenvalue weighted by Gasteiger charge is 2.24. The van der Waals surface area contributed by atoms with Crippen LogP contribution in [0.5, 0.6) is 0 Å². The first-order chi connectivity index (χ1) is 35.1. The average molecular weight is 940 g/mol. The lowest BCUT2D eigenvalue weighted by Gasteiger charge is -2.21. The van der Waals surface area contributed by atoms with E-state index in [2.05, 4.69) is 216 Å². The van der Waals surface area contributed by atoms with Crippen LogP contribution < -0.4 is 0 Å². The quantitative estimate of drug-likeness (QED) is 0.150. The monoisotopic (exact) mass is 939 g/mol. The number of thiophene rings is 2. The van der Waals surface area contributed by atoms with Crippen LogP contribution in [0.25, 0.3) is 140 Å². The first-order valence-electron chi connectivity index (χ1n) is 23.5. The Morgan fingerprint density at radius 3 is 1.30 bits per heavy atom. The van der Waals surface area contributed by atoms with Crippen LogP contribution in [-0.2, 0) is 0 Å². The third-order valence-electron chi connectivity index (χ3n) is 13.7. The van der Waals surface area contributed by atoms with Crippen LogP contribution in [0.4, 0.5) is 5.69 Å². The number of benzene rings is 10. The SMILES string of the molecule is [C-]#[N+]c1ccc2c(c1)c1cc(-c3ccccc3)ccc1n2-c1c(-c2ccccc2)cc(-c2nc(-c3ccc4c(c3)sc3ccccc34)nc(-c3ccc4c(c3)sc3ccccc34)n2)cc1-c1ccccc1. The number of hydrogen-bond acceptors (Lipinski definition) is 5. The highest BCUT2D eigenvalue weighted by molar-refractivity contribution is 7.26. The molecule has 0 spiro atoms. The number of aromatic nitrogens is 4. The Kier molecular flexibility index (Phi) is 9.56. The summed E-state index contributed by atoms with van der Waals surface area (Å²) in [4.78, 5) is 20.1. The van der Waals surface area contributed by atoms with Gasteiger partial charge in [-0.3, -0.25) is 0 Å². The van der Waals surface area contributed by atoms with Gasteiger partial charge in [0.05, 0.1) is 23.3 Å². The van der Waals surface area contributed by atoms with E-state index in [0.717, 1.165) is 77.6 Å². The summed E-state index contributed by atoms with van der Waals surface area (Å²) in [6.07, 6.45) is 0. The van der Waals surface area contributed by atoms with E-state index in [9.17, 15) is 0 Å². The molecule has 0 bridgehead atoms. The molecule has 0 atom stereocenters. The van der Waals surface area contributed by atoms with Crippen LogP contribution in [0.15, 0.2) is 224 Å². The minimum absolute atomic E-state index is 0.579. The highest BCUT2D eigenvalue weighted by Crippen LogP contribution is 2.46. The molecule has 0 aliphatic heterocycles. The molecule has 5 nitrogen and oxygen atoms in total. The van der Waals surface area contributed by atoms with E-state index in [1.54, 1.807) is 22.7 Å². The molecule has 0 radical (unpaired) electrons. The molecule has 0 saturated heterocycles. The lowest BCUT2D eigenvalue weighted by Crippen LogP contribution is -2.04. The molecular formula is C64H37N5S2. The van der Waals surface area contributed by atoms with Crippen molar-refractivity contribution in [2.75, 3.05) is 0 Å². The van der Waals surface area contributed by atoms with Crippen LogP contribution in [0.1, 0.15) is 0 Å². The van der Waals surface area contributed by atoms with Crippen molar-refractivity contribution in [1.82, 2.24) is 19.5 Å². The minimum Gasteiger partial charge on any atom is -0.308 e. The van der Waals surface area contributed by atoms with Crippen LogP contribution in [0.3, 0.4) is 0 Å². The largest absolute Gasteiger partial charge is 0.308 e. The Morgan fingerprint density at radius 2 is 0.761 bits per heavy atom.